The molecule has 0 saturated carbocycles. The number of nitrogens with zero attached hydrogens (tertiary/aromatic N) is 1. The minimum Gasteiger partial charge on any atom is -0.467 e. The van der Waals surface area contributed by atoms with Crippen LogP contribution < -0.4 is 14.4 Å². The van der Waals surface area contributed by atoms with Crippen molar-refractivity contribution in [2.24, 2.45) is 0 Å². The number of carbonyl (C=O) groups excluding carboxylic acids is 1. The summed E-state index contributed by atoms with van der Waals surface area (Å²) in [5.74, 6) is 1.30. The number of fused-ring (bicyclic) bond motifs is 1. The first kappa shape index (κ1) is 10.3. The summed E-state index contributed by atoms with van der Waals surface area (Å²) >= 11 is 0. The van der Waals surface area contributed by atoms with Gasteiger partial charge in [-0.05, 0) is 18.6 Å². The molecule has 1 aromatic rings. The number of anilines is 1. The van der Waals surface area contributed by atoms with E-state index in [0.29, 0.717) is 0 Å². The summed E-state index contributed by atoms with van der Waals surface area (Å²) in [7, 11) is 1.42. The van der Waals surface area contributed by atoms with E-state index in [2.05, 4.69) is 0 Å². The van der Waals surface area contributed by atoms with Crippen molar-refractivity contribution in [3.05, 3.63) is 18.2 Å². The lowest BCUT2D eigenvalue weighted by Gasteiger charge is -2.40. The van der Waals surface area contributed by atoms with Gasteiger partial charge in [0.25, 0.3) is 0 Å². The minimum atomic E-state index is -0.186. The Kier molecular flexibility index (Phi) is 2.31. The second-order valence-corrected chi connectivity index (χ2v) is 4.06. The Bertz CT molecular complexity index is 460. The van der Waals surface area contributed by atoms with Gasteiger partial charge in [0.1, 0.15) is 6.04 Å². The van der Waals surface area contributed by atoms with Gasteiger partial charge in [-0.1, -0.05) is 0 Å². The molecule has 0 N–H and O–H groups in total. The number of hydrogen-bond donors (Lipinski definition) is 0. The average molecular weight is 235 g/mol. The molecule has 1 aromatic carbocycles. The van der Waals surface area contributed by atoms with Crippen LogP contribution in [0.15, 0.2) is 18.2 Å². The Morgan fingerprint density at radius 3 is 2.94 bits per heavy atom. The second-order valence-electron chi connectivity index (χ2n) is 4.06. The maximum atomic E-state index is 11.5. The zero-order chi connectivity index (χ0) is 11.8. The first-order valence-corrected chi connectivity index (χ1v) is 5.54. The lowest BCUT2D eigenvalue weighted by molar-refractivity contribution is -0.143. The quantitative estimate of drug-likeness (QED) is 0.720. The molecule has 0 spiro atoms. The van der Waals surface area contributed by atoms with E-state index < -0.39 is 0 Å². The normalized spacial score (nSPS) is 21.0. The fourth-order valence-electron chi connectivity index (χ4n) is 2.14. The third-order valence-electron chi connectivity index (χ3n) is 3.18. The maximum absolute atomic E-state index is 11.5. The Labute approximate surface area is 98.9 Å². The predicted molar refractivity (Wildman–Crippen MR) is 60.3 cm³/mol. The summed E-state index contributed by atoms with van der Waals surface area (Å²) in [5, 5.41) is 0. The smallest absolute Gasteiger partial charge is 0.328 e. The van der Waals surface area contributed by atoms with Crippen LogP contribution in [0.5, 0.6) is 11.5 Å². The molecule has 1 atom stereocenters. The second kappa shape index (κ2) is 3.84. The molecule has 5 heteroatoms. The van der Waals surface area contributed by atoms with Gasteiger partial charge in [0.05, 0.1) is 7.11 Å². The summed E-state index contributed by atoms with van der Waals surface area (Å²) in [6, 6.07) is 5.53. The van der Waals surface area contributed by atoms with E-state index >= 15 is 0 Å². The van der Waals surface area contributed by atoms with Gasteiger partial charge in [-0.15, -0.1) is 0 Å². The van der Waals surface area contributed by atoms with Gasteiger partial charge < -0.3 is 19.1 Å². The first-order chi connectivity index (χ1) is 8.29. The van der Waals surface area contributed by atoms with Crippen molar-refractivity contribution in [2.75, 3.05) is 25.3 Å². The number of esters is 1. The lowest BCUT2D eigenvalue weighted by Crippen LogP contribution is -2.53. The number of carbonyl (C=O) groups is 1. The molecule has 5 nitrogen and oxygen atoms in total. The molecule has 1 saturated heterocycles. The molecule has 2 heterocycles. The van der Waals surface area contributed by atoms with Crippen LogP contribution in [0.1, 0.15) is 6.42 Å². The molecule has 3 rings (SSSR count). The van der Waals surface area contributed by atoms with Gasteiger partial charge in [-0.3, -0.25) is 0 Å². The summed E-state index contributed by atoms with van der Waals surface area (Å²) < 4.78 is 15.3. The van der Waals surface area contributed by atoms with Gasteiger partial charge in [-0.25, -0.2) is 4.79 Å². The van der Waals surface area contributed by atoms with Crippen molar-refractivity contribution in [1.29, 1.82) is 0 Å². The Hall–Kier alpha value is -1.91. The summed E-state index contributed by atoms with van der Waals surface area (Å²) in [5.41, 5.74) is 0.968. The number of benzene rings is 1. The Morgan fingerprint density at radius 1 is 1.41 bits per heavy atom. The van der Waals surface area contributed by atoms with Crippen molar-refractivity contribution < 1.29 is 19.0 Å². The highest BCUT2D eigenvalue weighted by Gasteiger charge is 2.35. The van der Waals surface area contributed by atoms with Crippen molar-refractivity contribution in [1.82, 2.24) is 0 Å². The molecule has 17 heavy (non-hydrogen) atoms. The van der Waals surface area contributed by atoms with E-state index in [1.165, 1.54) is 7.11 Å². The molecule has 0 aromatic heterocycles. The molecular formula is C12H13NO4. The molecule has 90 valence electrons. The average Bonchev–Trinajstić information content (AvgIpc) is 2.74. The monoisotopic (exact) mass is 235 g/mol. The van der Waals surface area contributed by atoms with Crippen molar-refractivity contribution in [3.8, 4) is 11.5 Å². The lowest BCUT2D eigenvalue weighted by atomic mass is 10.0. The van der Waals surface area contributed by atoms with Gasteiger partial charge in [0.15, 0.2) is 11.5 Å². The predicted octanol–water partition coefficient (Wildman–Crippen LogP) is 1.17. The molecule has 2 aliphatic heterocycles. The van der Waals surface area contributed by atoms with Crippen LogP contribution in [0.25, 0.3) is 0 Å². The van der Waals surface area contributed by atoms with Gasteiger partial charge in [0, 0.05) is 18.3 Å². The highest BCUT2D eigenvalue weighted by atomic mass is 16.7. The Balaban J connectivity index is 1.83. The van der Waals surface area contributed by atoms with E-state index in [1.807, 2.05) is 23.1 Å². The molecule has 0 bridgehead atoms. The van der Waals surface area contributed by atoms with Crippen molar-refractivity contribution >= 4 is 11.7 Å². The van der Waals surface area contributed by atoms with E-state index in [1.54, 1.807) is 0 Å². The zero-order valence-corrected chi connectivity index (χ0v) is 9.51. The van der Waals surface area contributed by atoms with E-state index in [0.717, 1.165) is 30.2 Å². The van der Waals surface area contributed by atoms with Crippen LogP contribution in [0.2, 0.25) is 0 Å². The van der Waals surface area contributed by atoms with Crippen molar-refractivity contribution in [2.45, 2.75) is 12.5 Å². The fourth-order valence-corrected chi connectivity index (χ4v) is 2.14. The SMILES string of the molecule is COC(=O)C1CCN1c1ccc2c(c1)OCO2. The molecule has 0 aliphatic carbocycles. The van der Waals surface area contributed by atoms with Crippen LogP contribution in [-0.4, -0.2) is 32.5 Å². The molecular weight excluding hydrogens is 222 g/mol. The standard InChI is InChI=1S/C12H13NO4/c1-15-12(14)9-4-5-13(9)8-2-3-10-11(6-8)17-7-16-10/h2-3,6,9H,4-5,7H2,1H3. The van der Waals surface area contributed by atoms with E-state index in [4.69, 9.17) is 14.2 Å². The third-order valence-corrected chi connectivity index (χ3v) is 3.18. The molecule has 0 amide bonds. The molecule has 0 radical (unpaired) electrons. The van der Waals surface area contributed by atoms with Gasteiger partial charge >= 0.3 is 5.97 Å². The molecule has 2 aliphatic rings. The highest BCUT2D eigenvalue weighted by Crippen LogP contribution is 2.37. The zero-order valence-electron chi connectivity index (χ0n) is 9.51. The maximum Gasteiger partial charge on any atom is 0.328 e. The fraction of sp³-hybridized carbons (Fsp3) is 0.417. The Morgan fingerprint density at radius 2 is 2.24 bits per heavy atom. The van der Waals surface area contributed by atoms with E-state index in [9.17, 15) is 4.79 Å². The first-order valence-electron chi connectivity index (χ1n) is 5.54. The van der Waals surface area contributed by atoms with Crippen molar-refractivity contribution in [3.63, 3.8) is 0 Å². The van der Waals surface area contributed by atoms with Crippen LogP contribution >= 0.6 is 0 Å². The van der Waals surface area contributed by atoms with Crippen LogP contribution in [0.3, 0.4) is 0 Å². The minimum absolute atomic E-state index is 0.166. The topological polar surface area (TPSA) is 48.0 Å². The van der Waals surface area contributed by atoms with Gasteiger partial charge in [-0.2, -0.15) is 0 Å². The third kappa shape index (κ3) is 1.58. The van der Waals surface area contributed by atoms with Crippen LogP contribution in [-0.2, 0) is 9.53 Å². The van der Waals surface area contributed by atoms with Gasteiger partial charge in [0.2, 0.25) is 6.79 Å². The van der Waals surface area contributed by atoms with Crippen LogP contribution in [0.4, 0.5) is 5.69 Å². The largest absolute Gasteiger partial charge is 0.467 e. The summed E-state index contributed by atoms with van der Waals surface area (Å²) in [6.45, 7) is 1.12. The molecule has 1 fully saturated rings. The number of methoxy groups -OCH3 is 1. The highest BCUT2D eigenvalue weighted by molar-refractivity contribution is 5.82. The van der Waals surface area contributed by atoms with Crippen LogP contribution in [0, 0.1) is 0 Å². The van der Waals surface area contributed by atoms with E-state index in [-0.39, 0.29) is 18.8 Å². The number of rotatable bonds is 2. The molecule has 1 unspecified atom stereocenters. The summed E-state index contributed by atoms with van der Waals surface area (Å²) in [4.78, 5) is 13.5. The number of ether oxygens (including phenoxy) is 3. The number of hydrogen-bond acceptors (Lipinski definition) is 5. The summed E-state index contributed by atoms with van der Waals surface area (Å²) in [6.07, 6.45) is 0.834.